The van der Waals surface area contributed by atoms with Gasteiger partial charge in [-0.05, 0) is 69.6 Å². The van der Waals surface area contributed by atoms with E-state index in [-0.39, 0.29) is 16.1 Å². The second kappa shape index (κ2) is 9.14. The standard InChI is InChI=1S/C27H38N2O5S/c1-18-20(15-19-11-7-8-12-23(19)35(32,33)28-13-9-10-14-28)24-21(16-27(5,6)17-22(24)30)29(18)25(31)34-26(2,3)4/h7-8,11-12,25,31H,9-10,13-17H2,1-6H3. The first kappa shape index (κ1) is 26.1. The number of benzene rings is 1. The van der Waals surface area contributed by atoms with Crippen LogP contribution in [-0.4, -0.2) is 46.9 Å². The molecule has 4 rings (SSSR count). The molecule has 35 heavy (non-hydrogen) atoms. The summed E-state index contributed by atoms with van der Waals surface area (Å²) < 4.78 is 36.0. The molecule has 1 aliphatic carbocycles. The lowest BCUT2D eigenvalue weighted by molar-refractivity contribution is -0.211. The highest BCUT2D eigenvalue weighted by molar-refractivity contribution is 7.89. The first-order valence-corrected chi connectivity index (χ1v) is 13.8. The summed E-state index contributed by atoms with van der Waals surface area (Å²) in [4.78, 5) is 13.7. The van der Waals surface area contributed by atoms with Crippen molar-refractivity contribution in [3.05, 3.63) is 52.3 Å². The van der Waals surface area contributed by atoms with Gasteiger partial charge in [0, 0.05) is 42.9 Å². The molecular formula is C27H38N2O5S. The van der Waals surface area contributed by atoms with Gasteiger partial charge in [-0.2, -0.15) is 4.31 Å². The van der Waals surface area contributed by atoms with Crippen LogP contribution in [0.4, 0.5) is 0 Å². The first-order chi connectivity index (χ1) is 16.2. The number of aliphatic hydroxyl groups is 1. The number of hydrogen-bond donors (Lipinski definition) is 1. The molecule has 2 heterocycles. The van der Waals surface area contributed by atoms with Crippen LogP contribution in [0.15, 0.2) is 29.2 Å². The maximum Gasteiger partial charge on any atom is 0.243 e. The molecule has 2 aliphatic rings. The fourth-order valence-corrected chi connectivity index (χ4v) is 7.15. The van der Waals surface area contributed by atoms with Gasteiger partial charge in [0.25, 0.3) is 0 Å². The number of sulfonamides is 1. The molecular weight excluding hydrogens is 464 g/mol. The zero-order valence-corrected chi connectivity index (χ0v) is 22.5. The van der Waals surface area contributed by atoms with Gasteiger partial charge in [0.2, 0.25) is 16.4 Å². The summed E-state index contributed by atoms with van der Waals surface area (Å²) in [6.45, 7) is 12.7. The summed E-state index contributed by atoms with van der Waals surface area (Å²) in [5, 5.41) is 11.1. The molecule has 8 heteroatoms. The molecule has 1 aliphatic heterocycles. The predicted molar refractivity (Wildman–Crippen MR) is 135 cm³/mol. The van der Waals surface area contributed by atoms with Gasteiger partial charge in [-0.3, -0.25) is 9.36 Å². The van der Waals surface area contributed by atoms with Crippen molar-refractivity contribution in [3.63, 3.8) is 0 Å². The number of carbonyl (C=O) groups excluding carboxylic acids is 1. The van der Waals surface area contributed by atoms with Gasteiger partial charge in [-0.15, -0.1) is 0 Å². The minimum absolute atomic E-state index is 0.0240. The van der Waals surface area contributed by atoms with Crippen molar-refractivity contribution < 1.29 is 23.1 Å². The number of hydrogen-bond acceptors (Lipinski definition) is 5. The molecule has 2 aromatic rings. The number of ketones is 1. The summed E-state index contributed by atoms with van der Waals surface area (Å²) in [5.41, 5.74) is 2.68. The van der Waals surface area contributed by atoms with Crippen molar-refractivity contribution in [2.45, 2.75) is 90.6 Å². The molecule has 0 radical (unpaired) electrons. The number of rotatable bonds is 6. The Hall–Kier alpha value is -2.00. The van der Waals surface area contributed by atoms with Crippen LogP contribution in [0.25, 0.3) is 0 Å². The fraction of sp³-hybridized carbons (Fsp3) is 0.593. The van der Waals surface area contributed by atoms with Gasteiger partial charge < -0.3 is 9.84 Å². The number of aliphatic hydroxyl groups excluding tert-OH is 1. The molecule has 0 spiro atoms. The van der Waals surface area contributed by atoms with Crippen LogP contribution in [-0.2, 0) is 27.6 Å². The first-order valence-electron chi connectivity index (χ1n) is 12.4. The number of aromatic nitrogens is 1. The number of fused-ring (bicyclic) bond motifs is 1. The van der Waals surface area contributed by atoms with Gasteiger partial charge in [-0.25, -0.2) is 8.42 Å². The molecule has 1 saturated heterocycles. The molecule has 1 fully saturated rings. The fourth-order valence-electron chi connectivity index (χ4n) is 5.41. The highest BCUT2D eigenvalue weighted by Crippen LogP contribution is 2.41. The third-order valence-electron chi connectivity index (χ3n) is 6.95. The van der Waals surface area contributed by atoms with E-state index in [1.165, 1.54) is 0 Å². The normalized spacial score (nSPS) is 19.7. The molecule has 1 aromatic carbocycles. The molecule has 1 unspecified atom stereocenters. The van der Waals surface area contributed by atoms with Crippen LogP contribution < -0.4 is 0 Å². The van der Waals surface area contributed by atoms with E-state index in [9.17, 15) is 18.3 Å². The Morgan fingerprint density at radius 1 is 1.11 bits per heavy atom. The third kappa shape index (κ3) is 5.12. The Morgan fingerprint density at radius 3 is 2.37 bits per heavy atom. The summed E-state index contributed by atoms with van der Waals surface area (Å²) in [5.74, 6) is 0.0240. The van der Waals surface area contributed by atoms with Crippen LogP contribution >= 0.6 is 0 Å². The SMILES string of the molecule is Cc1c(Cc2ccccc2S(=O)(=O)N2CCCC2)c2c(n1C(O)OC(C)(C)C)CC(C)(C)CC2=O. The maximum atomic E-state index is 13.4. The summed E-state index contributed by atoms with van der Waals surface area (Å²) in [7, 11) is -3.62. The van der Waals surface area contributed by atoms with Crippen LogP contribution in [0.1, 0.15) is 93.2 Å². The van der Waals surface area contributed by atoms with E-state index in [2.05, 4.69) is 13.8 Å². The van der Waals surface area contributed by atoms with Crippen molar-refractivity contribution in [2.24, 2.45) is 5.41 Å². The van der Waals surface area contributed by atoms with Crippen LogP contribution in [0, 0.1) is 12.3 Å². The molecule has 0 saturated carbocycles. The van der Waals surface area contributed by atoms with E-state index >= 15 is 0 Å². The lowest BCUT2D eigenvalue weighted by Crippen LogP contribution is -2.31. The molecule has 1 aromatic heterocycles. The van der Waals surface area contributed by atoms with Crippen LogP contribution in [0.3, 0.4) is 0 Å². The smallest absolute Gasteiger partial charge is 0.243 e. The maximum absolute atomic E-state index is 13.4. The van der Waals surface area contributed by atoms with Gasteiger partial charge in [0.15, 0.2) is 5.78 Å². The number of Topliss-reactive ketones (excluding diaryl/α,β-unsaturated/α-hetero) is 1. The van der Waals surface area contributed by atoms with Gasteiger partial charge >= 0.3 is 0 Å². The highest BCUT2D eigenvalue weighted by atomic mass is 32.2. The highest BCUT2D eigenvalue weighted by Gasteiger charge is 2.39. The van der Waals surface area contributed by atoms with Crippen molar-refractivity contribution in [2.75, 3.05) is 13.1 Å². The zero-order chi connectivity index (χ0) is 25.8. The van der Waals surface area contributed by atoms with E-state index in [0.717, 1.165) is 29.8 Å². The van der Waals surface area contributed by atoms with E-state index < -0.39 is 22.0 Å². The minimum atomic E-state index is -3.62. The average molecular weight is 503 g/mol. The average Bonchev–Trinajstić information content (AvgIpc) is 3.34. The topological polar surface area (TPSA) is 88.8 Å². The van der Waals surface area contributed by atoms with Crippen LogP contribution in [0.5, 0.6) is 0 Å². The summed E-state index contributed by atoms with van der Waals surface area (Å²) in [6, 6.07) is 7.06. The molecule has 7 nitrogen and oxygen atoms in total. The molecule has 192 valence electrons. The van der Waals surface area contributed by atoms with Gasteiger partial charge in [0.1, 0.15) is 0 Å². The van der Waals surface area contributed by atoms with Crippen molar-refractivity contribution in [1.29, 1.82) is 0 Å². The van der Waals surface area contributed by atoms with E-state index in [1.807, 2.05) is 39.8 Å². The van der Waals surface area contributed by atoms with Crippen molar-refractivity contribution in [1.82, 2.24) is 8.87 Å². The predicted octanol–water partition coefficient (Wildman–Crippen LogP) is 4.59. The quantitative estimate of drug-likeness (QED) is 0.584. The Kier molecular flexibility index (Phi) is 6.81. The Labute approximate surface area is 209 Å². The Bertz CT molecular complexity index is 1230. The lowest BCUT2D eigenvalue weighted by Gasteiger charge is -2.32. The van der Waals surface area contributed by atoms with Crippen molar-refractivity contribution in [3.8, 4) is 0 Å². The van der Waals surface area contributed by atoms with Gasteiger partial charge in [0.05, 0.1) is 10.5 Å². The summed E-state index contributed by atoms with van der Waals surface area (Å²) >= 11 is 0. The molecule has 1 atom stereocenters. The van der Waals surface area contributed by atoms with E-state index in [0.29, 0.717) is 43.5 Å². The summed E-state index contributed by atoms with van der Waals surface area (Å²) in [6.07, 6.45) is 1.80. The monoisotopic (exact) mass is 502 g/mol. The van der Waals surface area contributed by atoms with E-state index in [1.54, 1.807) is 21.0 Å². The third-order valence-corrected chi connectivity index (χ3v) is 8.94. The van der Waals surface area contributed by atoms with Crippen molar-refractivity contribution >= 4 is 15.8 Å². The Morgan fingerprint density at radius 2 is 1.74 bits per heavy atom. The van der Waals surface area contributed by atoms with Crippen LogP contribution in [0.2, 0.25) is 0 Å². The molecule has 0 amide bonds. The largest absolute Gasteiger partial charge is 0.351 e. The molecule has 0 bridgehead atoms. The number of nitrogens with zero attached hydrogens (tertiary/aromatic N) is 2. The van der Waals surface area contributed by atoms with E-state index in [4.69, 9.17) is 4.74 Å². The number of carbonyl (C=O) groups is 1. The zero-order valence-electron chi connectivity index (χ0n) is 21.7. The second-order valence-corrected chi connectivity index (χ2v) is 13.6. The second-order valence-electron chi connectivity index (χ2n) is 11.6. The minimum Gasteiger partial charge on any atom is -0.351 e. The number of ether oxygens (including phenoxy) is 1. The molecule has 1 N–H and O–H groups in total. The van der Waals surface area contributed by atoms with Gasteiger partial charge in [-0.1, -0.05) is 32.0 Å². The Balaban J connectivity index is 1.84. The lowest BCUT2D eigenvalue weighted by atomic mass is 9.75.